The number of likely N-dealkylation sites (N-methyl/N-ethyl adjacent to an activating group) is 1. The van der Waals surface area contributed by atoms with Gasteiger partial charge in [0.2, 0.25) is 5.91 Å². The zero-order valence-corrected chi connectivity index (χ0v) is 16.8. The van der Waals surface area contributed by atoms with Crippen molar-refractivity contribution >= 4 is 46.2 Å². The Hall–Kier alpha value is -3.53. The first kappa shape index (κ1) is 20.2. The second-order valence-corrected chi connectivity index (χ2v) is 6.66. The SMILES string of the molecule is C=C/C(=C\C(=C)OC)c1ccc2nc(NC(=O)CC3NC(=S)N(C)C3=O)cn2n1. The Morgan fingerprint density at radius 1 is 1.48 bits per heavy atom. The monoisotopic (exact) mass is 412 g/mol. The molecule has 0 aliphatic carbocycles. The molecular weight excluding hydrogens is 392 g/mol. The van der Waals surface area contributed by atoms with E-state index in [1.807, 2.05) is 0 Å². The van der Waals surface area contributed by atoms with E-state index in [1.165, 1.54) is 12.0 Å². The number of carbonyl (C=O) groups is 2. The van der Waals surface area contributed by atoms with Crippen molar-refractivity contribution in [2.45, 2.75) is 12.5 Å². The molecule has 3 heterocycles. The van der Waals surface area contributed by atoms with Crippen molar-refractivity contribution in [3.63, 3.8) is 0 Å². The molecule has 0 radical (unpaired) electrons. The van der Waals surface area contributed by atoms with Crippen LogP contribution in [-0.2, 0) is 14.3 Å². The molecule has 1 unspecified atom stereocenters. The van der Waals surface area contributed by atoms with Gasteiger partial charge in [-0.05, 0) is 30.4 Å². The standard InChI is InChI=1S/C19H20N6O3S/c1-5-12(8-11(2)28-4)13-6-7-16-21-15(10-25(16)23-13)22-17(26)9-14-18(27)24(3)19(29)20-14/h5-8,10,14H,1-2,9H2,3-4H3,(H,20,29)(H,22,26)/b12-8+. The lowest BCUT2D eigenvalue weighted by atomic mass is 10.1. The summed E-state index contributed by atoms with van der Waals surface area (Å²) in [5, 5.41) is 10.3. The summed E-state index contributed by atoms with van der Waals surface area (Å²) < 4.78 is 6.60. The second kappa shape index (κ2) is 8.23. The minimum atomic E-state index is -0.677. The molecule has 2 aromatic heterocycles. The molecule has 0 aromatic carbocycles. The third kappa shape index (κ3) is 4.32. The number of anilines is 1. The highest BCUT2D eigenvalue weighted by atomic mass is 32.1. The Morgan fingerprint density at radius 2 is 2.24 bits per heavy atom. The molecule has 2 amide bonds. The first-order valence-corrected chi connectivity index (χ1v) is 9.05. The summed E-state index contributed by atoms with van der Waals surface area (Å²) in [6.45, 7) is 7.54. The predicted octanol–water partition coefficient (Wildman–Crippen LogP) is 1.50. The number of hydrogen-bond donors (Lipinski definition) is 2. The number of aromatic nitrogens is 3. The van der Waals surface area contributed by atoms with Gasteiger partial charge in [0.05, 0.1) is 25.4 Å². The van der Waals surface area contributed by atoms with E-state index in [1.54, 1.807) is 42.0 Å². The van der Waals surface area contributed by atoms with Gasteiger partial charge in [-0.3, -0.25) is 14.5 Å². The summed E-state index contributed by atoms with van der Waals surface area (Å²) >= 11 is 5.01. The van der Waals surface area contributed by atoms with Crippen molar-refractivity contribution in [1.82, 2.24) is 24.8 Å². The van der Waals surface area contributed by atoms with Crippen LogP contribution >= 0.6 is 12.2 Å². The summed E-state index contributed by atoms with van der Waals surface area (Å²) in [5.74, 6) is 0.195. The molecule has 0 spiro atoms. The van der Waals surface area contributed by atoms with E-state index >= 15 is 0 Å². The number of methoxy groups -OCH3 is 1. The molecule has 0 saturated carbocycles. The molecule has 1 aliphatic heterocycles. The predicted molar refractivity (Wildman–Crippen MR) is 113 cm³/mol. The Balaban J connectivity index is 1.74. The third-order valence-electron chi connectivity index (χ3n) is 4.30. The van der Waals surface area contributed by atoms with Crippen LogP contribution in [0.5, 0.6) is 0 Å². The van der Waals surface area contributed by atoms with E-state index in [2.05, 4.69) is 33.9 Å². The van der Waals surface area contributed by atoms with Crippen LogP contribution in [0.2, 0.25) is 0 Å². The highest BCUT2D eigenvalue weighted by Crippen LogP contribution is 2.18. The third-order valence-corrected chi connectivity index (χ3v) is 4.69. The summed E-state index contributed by atoms with van der Waals surface area (Å²) in [6, 6.07) is 2.87. The smallest absolute Gasteiger partial charge is 0.251 e. The van der Waals surface area contributed by atoms with Crippen molar-refractivity contribution in [3.05, 3.63) is 55.1 Å². The number of thiocarbonyl (C=S) groups is 1. The fraction of sp³-hybridized carbons (Fsp3) is 0.211. The second-order valence-electron chi connectivity index (χ2n) is 6.27. The van der Waals surface area contributed by atoms with Gasteiger partial charge in [0.25, 0.3) is 5.91 Å². The Kier molecular flexibility index (Phi) is 5.74. The van der Waals surface area contributed by atoms with Crippen LogP contribution in [0.3, 0.4) is 0 Å². The van der Waals surface area contributed by atoms with E-state index < -0.39 is 6.04 Å². The van der Waals surface area contributed by atoms with Crippen LogP contribution in [0.15, 0.2) is 49.4 Å². The Labute approximate surface area is 172 Å². The van der Waals surface area contributed by atoms with E-state index in [0.717, 1.165) is 5.57 Å². The maximum absolute atomic E-state index is 12.3. The number of fused-ring (bicyclic) bond motifs is 1. The molecule has 2 N–H and O–H groups in total. The van der Waals surface area contributed by atoms with Gasteiger partial charge < -0.3 is 15.4 Å². The number of nitrogens with zero attached hydrogens (tertiary/aromatic N) is 4. The van der Waals surface area contributed by atoms with Gasteiger partial charge >= 0.3 is 0 Å². The molecule has 2 aromatic rings. The normalized spacial score (nSPS) is 16.7. The van der Waals surface area contributed by atoms with Gasteiger partial charge in [-0.25, -0.2) is 9.50 Å². The summed E-state index contributed by atoms with van der Waals surface area (Å²) in [6.07, 6.45) is 4.89. The van der Waals surface area contributed by atoms with Gasteiger partial charge in [0.1, 0.15) is 11.8 Å². The van der Waals surface area contributed by atoms with Crippen molar-refractivity contribution in [2.24, 2.45) is 0 Å². The molecule has 10 heteroatoms. The van der Waals surface area contributed by atoms with E-state index in [0.29, 0.717) is 28.0 Å². The molecule has 150 valence electrons. The first-order valence-electron chi connectivity index (χ1n) is 8.64. The number of nitrogens with one attached hydrogen (secondary N) is 2. The van der Waals surface area contributed by atoms with E-state index in [4.69, 9.17) is 17.0 Å². The van der Waals surface area contributed by atoms with Crippen molar-refractivity contribution in [2.75, 3.05) is 19.5 Å². The number of rotatable bonds is 7. The van der Waals surface area contributed by atoms with Crippen LogP contribution in [-0.4, -0.2) is 56.6 Å². The zero-order chi connectivity index (χ0) is 21.1. The van der Waals surface area contributed by atoms with Crippen LogP contribution in [0.4, 0.5) is 5.82 Å². The fourth-order valence-corrected chi connectivity index (χ4v) is 2.96. The van der Waals surface area contributed by atoms with Gasteiger partial charge in [-0.15, -0.1) is 0 Å². The number of ether oxygens (including phenoxy) is 1. The molecule has 9 nitrogen and oxygen atoms in total. The zero-order valence-electron chi connectivity index (χ0n) is 16.0. The molecule has 0 bridgehead atoms. The lowest BCUT2D eigenvalue weighted by molar-refractivity contribution is -0.128. The topological polar surface area (TPSA) is 101 Å². The Bertz CT molecular complexity index is 1060. The van der Waals surface area contributed by atoms with E-state index in [-0.39, 0.29) is 18.2 Å². The van der Waals surface area contributed by atoms with Crippen LogP contribution in [0.25, 0.3) is 11.2 Å². The number of carbonyl (C=O) groups excluding carboxylic acids is 2. The van der Waals surface area contributed by atoms with Gasteiger partial charge in [-0.2, -0.15) is 5.10 Å². The van der Waals surface area contributed by atoms with Crippen molar-refractivity contribution in [3.8, 4) is 0 Å². The molecule has 3 rings (SSSR count). The lowest BCUT2D eigenvalue weighted by Crippen LogP contribution is -2.33. The average Bonchev–Trinajstić information content (AvgIpc) is 3.20. The maximum atomic E-state index is 12.3. The summed E-state index contributed by atoms with van der Waals surface area (Å²) in [4.78, 5) is 29.9. The summed E-state index contributed by atoms with van der Waals surface area (Å²) in [5.41, 5.74) is 1.91. The number of amides is 2. The lowest BCUT2D eigenvalue weighted by Gasteiger charge is -2.07. The van der Waals surface area contributed by atoms with Gasteiger partial charge in [-0.1, -0.05) is 19.2 Å². The van der Waals surface area contributed by atoms with Gasteiger partial charge in [0.15, 0.2) is 16.6 Å². The van der Waals surface area contributed by atoms with Gasteiger partial charge in [0, 0.05) is 12.6 Å². The largest absolute Gasteiger partial charge is 0.497 e. The van der Waals surface area contributed by atoms with Crippen LogP contribution in [0, 0.1) is 0 Å². The van der Waals surface area contributed by atoms with E-state index in [9.17, 15) is 9.59 Å². The summed E-state index contributed by atoms with van der Waals surface area (Å²) in [7, 11) is 3.09. The number of imidazole rings is 1. The molecule has 29 heavy (non-hydrogen) atoms. The molecular formula is C19H20N6O3S. The number of hydrogen-bond acceptors (Lipinski definition) is 6. The van der Waals surface area contributed by atoms with Crippen LogP contribution < -0.4 is 10.6 Å². The van der Waals surface area contributed by atoms with Crippen molar-refractivity contribution < 1.29 is 14.3 Å². The molecule has 1 saturated heterocycles. The quantitative estimate of drug-likeness (QED) is 0.404. The Morgan fingerprint density at radius 3 is 2.86 bits per heavy atom. The highest BCUT2D eigenvalue weighted by Gasteiger charge is 2.34. The first-order chi connectivity index (χ1) is 13.8. The highest BCUT2D eigenvalue weighted by molar-refractivity contribution is 7.80. The minimum absolute atomic E-state index is 0.0572. The average molecular weight is 412 g/mol. The molecule has 1 aliphatic rings. The van der Waals surface area contributed by atoms with Crippen LogP contribution in [0.1, 0.15) is 12.1 Å². The molecule has 1 atom stereocenters. The number of allylic oxidation sites excluding steroid dienone is 3. The minimum Gasteiger partial charge on any atom is -0.497 e. The fourth-order valence-electron chi connectivity index (χ4n) is 2.73. The molecule has 1 fully saturated rings. The van der Waals surface area contributed by atoms with Crippen molar-refractivity contribution in [1.29, 1.82) is 0 Å². The maximum Gasteiger partial charge on any atom is 0.251 e.